The van der Waals surface area contributed by atoms with Crippen LogP contribution in [0.3, 0.4) is 0 Å². The maximum Gasteiger partial charge on any atom is 0.416 e. The molecule has 2 atom stereocenters. The first kappa shape index (κ1) is 23.2. The number of thioether (sulfide) groups is 1. The van der Waals surface area contributed by atoms with Gasteiger partial charge in [-0.15, -0.1) is 11.8 Å². The van der Waals surface area contributed by atoms with Crippen LogP contribution in [0.5, 0.6) is 5.75 Å². The minimum atomic E-state index is -4.52. The van der Waals surface area contributed by atoms with E-state index in [1.54, 1.807) is 6.26 Å². The molecule has 1 aliphatic carbocycles. The Labute approximate surface area is 179 Å². The molecule has 2 fully saturated rings. The van der Waals surface area contributed by atoms with Crippen molar-refractivity contribution in [2.45, 2.75) is 67.7 Å². The van der Waals surface area contributed by atoms with Crippen molar-refractivity contribution in [3.63, 3.8) is 0 Å². The van der Waals surface area contributed by atoms with Gasteiger partial charge in [0.1, 0.15) is 5.75 Å². The van der Waals surface area contributed by atoms with Crippen LogP contribution < -0.4 is 15.4 Å². The Kier molecular flexibility index (Phi) is 7.24. The van der Waals surface area contributed by atoms with Crippen molar-refractivity contribution in [3.05, 3.63) is 23.3 Å². The van der Waals surface area contributed by atoms with E-state index in [-0.39, 0.29) is 33.8 Å². The Balaban J connectivity index is 1.83. The summed E-state index contributed by atoms with van der Waals surface area (Å²) in [7, 11) is 1.27. The summed E-state index contributed by atoms with van der Waals surface area (Å²) in [5.41, 5.74) is -0.675. The van der Waals surface area contributed by atoms with Gasteiger partial charge in [0.15, 0.2) is 0 Å². The highest BCUT2D eigenvalue weighted by atomic mass is 32.2. The molecule has 1 heterocycles. The highest BCUT2D eigenvalue weighted by molar-refractivity contribution is 7.98. The molecular formula is C21H29F3N2O3S. The summed E-state index contributed by atoms with van der Waals surface area (Å²) in [6.45, 7) is 3.18. The molecule has 168 valence electrons. The SMILES string of the molecule is COc1cc(C(F)(F)F)cc(SC)c1C(=O)N[C@H]1COCC[C@H]1NC1(C)CCCC1. The molecule has 0 unspecified atom stereocenters. The fraction of sp³-hybridized carbons (Fsp3) is 0.667. The molecule has 1 aromatic carbocycles. The normalized spacial score (nSPS) is 23.9. The van der Waals surface area contributed by atoms with Crippen molar-refractivity contribution >= 4 is 17.7 Å². The zero-order valence-electron chi connectivity index (χ0n) is 17.5. The van der Waals surface area contributed by atoms with E-state index in [1.165, 1.54) is 20.0 Å². The second-order valence-corrected chi connectivity index (χ2v) is 9.06. The van der Waals surface area contributed by atoms with Crippen molar-refractivity contribution in [1.29, 1.82) is 0 Å². The van der Waals surface area contributed by atoms with Gasteiger partial charge < -0.3 is 20.1 Å². The molecule has 3 rings (SSSR count). The maximum absolute atomic E-state index is 13.2. The van der Waals surface area contributed by atoms with E-state index in [2.05, 4.69) is 17.6 Å². The van der Waals surface area contributed by atoms with Crippen molar-refractivity contribution in [2.24, 2.45) is 0 Å². The molecule has 1 saturated carbocycles. The number of hydrogen-bond donors (Lipinski definition) is 2. The first-order chi connectivity index (χ1) is 14.2. The Bertz CT molecular complexity index is 741. The molecule has 0 aromatic heterocycles. The van der Waals surface area contributed by atoms with E-state index in [9.17, 15) is 18.0 Å². The van der Waals surface area contributed by atoms with Gasteiger partial charge in [0.25, 0.3) is 5.91 Å². The van der Waals surface area contributed by atoms with E-state index in [1.807, 2.05) is 0 Å². The lowest BCUT2D eigenvalue weighted by atomic mass is 9.94. The van der Waals surface area contributed by atoms with Crippen LogP contribution in [-0.2, 0) is 10.9 Å². The Morgan fingerprint density at radius 2 is 1.97 bits per heavy atom. The molecule has 0 spiro atoms. The molecule has 1 aromatic rings. The number of amides is 1. The number of nitrogens with one attached hydrogen (secondary N) is 2. The third kappa shape index (κ3) is 5.23. The summed E-state index contributed by atoms with van der Waals surface area (Å²) < 4.78 is 50.4. The third-order valence-corrected chi connectivity index (χ3v) is 6.74. The van der Waals surface area contributed by atoms with Gasteiger partial charge in [-0.2, -0.15) is 13.2 Å². The average molecular weight is 447 g/mol. The van der Waals surface area contributed by atoms with Crippen LogP contribution >= 0.6 is 11.8 Å². The number of hydrogen-bond acceptors (Lipinski definition) is 5. The van der Waals surface area contributed by atoms with Crippen LogP contribution in [0.2, 0.25) is 0 Å². The van der Waals surface area contributed by atoms with Gasteiger partial charge in [-0.05, 0) is 44.6 Å². The Morgan fingerprint density at radius 3 is 2.57 bits per heavy atom. The highest BCUT2D eigenvalue weighted by Gasteiger charge is 2.37. The first-order valence-electron chi connectivity index (χ1n) is 10.2. The van der Waals surface area contributed by atoms with Crippen molar-refractivity contribution in [1.82, 2.24) is 10.6 Å². The van der Waals surface area contributed by atoms with Crippen LogP contribution in [-0.4, -0.2) is 50.1 Å². The standard InChI is InChI=1S/C21H29F3N2O3S/c1-20(7-4-5-8-20)26-14-6-9-29-12-15(14)25-19(27)18-16(28-2)10-13(21(22,23)24)11-17(18)30-3/h10-11,14-15,26H,4-9,12H2,1-3H3,(H,25,27)/t14-,15+/m1/s1. The number of benzene rings is 1. The summed E-state index contributed by atoms with van der Waals surface area (Å²) >= 11 is 1.08. The minimum absolute atomic E-state index is 0.0431. The highest BCUT2D eigenvalue weighted by Crippen LogP contribution is 2.38. The molecule has 1 saturated heterocycles. The molecular weight excluding hydrogens is 417 g/mol. The second-order valence-electron chi connectivity index (χ2n) is 8.22. The quantitative estimate of drug-likeness (QED) is 0.640. The van der Waals surface area contributed by atoms with Crippen LogP contribution in [0.15, 0.2) is 17.0 Å². The molecule has 1 amide bonds. The van der Waals surface area contributed by atoms with Gasteiger partial charge in [-0.1, -0.05) is 12.8 Å². The van der Waals surface area contributed by atoms with E-state index < -0.39 is 17.6 Å². The average Bonchev–Trinajstić information content (AvgIpc) is 3.13. The van der Waals surface area contributed by atoms with E-state index >= 15 is 0 Å². The summed E-state index contributed by atoms with van der Waals surface area (Å²) in [4.78, 5) is 13.4. The van der Waals surface area contributed by atoms with Crippen LogP contribution in [0.4, 0.5) is 13.2 Å². The maximum atomic E-state index is 13.2. The summed E-state index contributed by atoms with van der Waals surface area (Å²) in [5.74, 6) is -0.542. The van der Waals surface area contributed by atoms with Crippen molar-refractivity contribution in [2.75, 3.05) is 26.6 Å². The Morgan fingerprint density at radius 1 is 1.27 bits per heavy atom. The molecule has 5 nitrogen and oxygen atoms in total. The fourth-order valence-corrected chi connectivity index (χ4v) is 4.98. The van der Waals surface area contributed by atoms with Gasteiger partial charge in [0, 0.05) is 23.1 Å². The zero-order valence-corrected chi connectivity index (χ0v) is 18.3. The molecule has 1 aliphatic heterocycles. The molecule has 2 N–H and O–H groups in total. The molecule has 30 heavy (non-hydrogen) atoms. The summed E-state index contributed by atoms with van der Waals surface area (Å²) in [5, 5.41) is 6.69. The van der Waals surface area contributed by atoms with Crippen LogP contribution in [0, 0.1) is 0 Å². The van der Waals surface area contributed by atoms with Gasteiger partial charge in [0.05, 0.1) is 30.9 Å². The minimum Gasteiger partial charge on any atom is -0.496 e. The van der Waals surface area contributed by atoms with Gasteiger partial charge >= 0.3 is 6.18 Å². The van der Waals surface area contributed by atoms with Crippen molar-refractivity contribution in [3.8, 4) is 5.75 Å². The lowest BCUT2D eigenvalue weighted by Gasteiger charge is -2.39. The van der Waals surface area contributed by atoms with Gasteiger partial charge in [-0.3, -0.25) is 4.79 Å². The van der Waals surface area contributed by atoms with Crippen LogP contribution in [0.25, 0.3) is 0 Å². The number of methoxy groups -OCH3 is 1. The predicted molar refractivity (Wildman–Crippen MR) is 110 cm³/mol. The van der Waals surface area contributed by atoms with Gasteiger partial charge in [0.2, 0.25) is 0 Å². The fourth-order valence-electron chi connectivity index (χ4n) is 4.34. The van der Waals surface area contributed by atoms with E-state index in [0.717, 1.165) is 43.2 Å². The number of carbonyl (C=O) groups is 1. The van der Waals surface area contributed by atoms with E-state index in [4.69, 9.17) is 9.47 Å². The summed E-state index contributed by atoms with van der Waals surface area (Å²) in [6, 6.07) is 1.64. The van der Waals surface area contributed by atoms with E-state index in [0.29, 0.717) is 13.2 Å². The smallest absolute Gasteiger partial charge is 0.416 e. The molecule has 0 bridgehead atoms. The van der Waals surface area contributed by atoms with Gasteiger partial charge in [-0.25, -0.2) is 0 Å². The zero-order chi connectivity index (χ0) is 21.9. The monoisotopic (exact) mass is 446 g/mol. The number of carbonyl (C=O) groups excluding carboxylic acids is 1. The topological polar surface area (TPSA) is 59.6 Å². The molecule has 0 radical (unpaired) electrons. The predicted octanol–water partition coefficient (Wildman–Crippen LogP) is 4.25. The molecule has 2 aliphatic rings. The number of halogens is 3. The summed E-state index contributed by atoms with van der Waals surface area (Å²) in [6.07, 6.45) is 2.44. The molecule has 9 heteroatoms. The number of alkyl halides is 3. The van der Waals surface area contributed by atoms with Crippen LogP contribution in [0.1, 0.15) is 54.9 Å². The lowest BCUT2D eigenvalue weighted by molar-refractivity contribution is -0.137. The Hall–Kier alpha value is -1.45. The second kappa shape index (κ2) is 9.36. The number of ether oxygens (including phenoxy) is 2. The number of rotatable bonds is 6. The largest absolute Gasteiger partial charge is 0.496 e. The third-order valence-electron chi connectivity index (χ3n) is 5.97. The van der Waals surface area contributed by atoms with Crippen molar-refractivity contribution < 1.29 is 27.4 Å². The first-order valence-corrected chi connectivity index (χ1v) is 11.4. The lowest BCUT2D eigenvalue weighted by Crippen LogP contribution is -2.60.